The average Bonchev–Trinajstić information content (AvgIpc) is 2.31. The van der Waals surface area contributed by atoms with Crippen LogP contribution in [0.3, 0.4) is 0 Å². The van der Waals surface area contributed by atoms with Crippen LogP contribution >= 0.6 is 0 Å². The van der Waals surface area contributed by atoms with Crippen LogP contribution in [0.1, 0.15) is 71.1 Å². The summed E-state index contributed by atoms with van der Waals surface area (Å²) in [4.78, 5) is 9.60. The van der Waals surface area contributed by atoms with E-state index in [0.717, 1.165) is 6.42 Å². The van der Waals surface area contributed by atoms with Crippen molar-refractivity contribution in [2.75, 3.05) is 13.2 Å². The summed E-state index contributed by atoms with van der Waals surface area (Å²) in [5.41, 5.74) is 0. The highest BCUT2D eigenvalue weighted by Gasteiger charge is 1.93. The molecule has 0 aromatic carbocycles. The molecule has 97 valence electrons. The Labute approximate surface area is 102 Å². The highest BCUT2D eigenvalue weighted by molar-refractivity contribution is 4.46. The van der Waals surface area contributed by atoms with Crippen molar-refractivity contribution in [2.45, 2.75) is 71.1 Å². The maximum atomic E-state index is 4.89. The van der Waals surface area contributed by atoms with Crippen LogP contribution in [0.5, 0.6) is 0 Å². The molecule has 0 atom stereocenters. The van der Waals surface area contributed by atoms with Gasteiger partial charge in [-0.1, -0.05) is 64.7 Å². The zero-order valence-electron chi connectivity index (χ0n) is 11.0. The van der Waals surface area contributed by atoms with Gasteiger partial charge in [-0.3, -0.25) is 0 Å². The molecule has 0 fully saturated rings. The van der Waals surface area contributed by atoms with Crippen LogP contribution in [0.25, 0.3) is 0 Å². The Kier molecular flexibility index (Phi) is 14.8. The molecule has 0 unspecified atom stereocenters. The first-order valence-corrected chi connectivity index (χ1v) is 6.95. The predicted octanol–water partition coefficient (Wildman–Crippen LogP) is 4.69. The lowest BCUT2D eigenvalue weighted by Gasteiger charge is -2.02. The van der Waals surface area contributed by atoms with Crippen molar-refractivity contribution >= 4 is 0 Å². The van der Waals surface area contributed by atoms with Crippen molar-refractivity contribution in [1.82, 2.24) is 0 Å². The van der Waals surface area contributed by atoms with Gasteiger partial charge >= 0.3 is 0 Å². The molecule has 0 aromatic heterocycles. The van der Waals surface area contributed by atoms with Gasteiger partial charge in [0.05, 0.1) is 13.2 Å². The van der Waals surface area contributed by atoms with Crippen molar-refractivity contribution in [3.63, 3.8) is 0 Å². The quantitative estimate of drug-likeness (QED) is 0.259. The van der Waals surface area contributed by atoms with Gasteiger partial charge in [0.2, 0.25) is 0 Å². The maximum Gasteiger partial charge on any atom is 0.0823 e. The molecule has 2 nitrogen and oxygen atoms in total. The summed E-state index contributed by atoms with van der Waals surface area (Å²) in [5, 5.41) is 0. The van der Waals surface area contributed by atoms with E-state index in [0.29, 0.717) is 13.2 Å². The van der Waals surface area contributed by atoms with Crippen molar-refractivity contribution in [3.05, 3.63) is 6.92 Å². The van der Waals surface area contributed by atoms with E-state index in [9.17, 15) is 0 Å². The molecular weight excluding hydrogens is 200 g/mol. The van der Waals surface area contributed by atoms with E-state index in [4.69, 9.17) is 9.78 Å². The highest BCUT2D eigenvalue weighted by atomic mass is 17.2. The maximum absolute atomic E-state index is 4.89. The summed E-state index contributed by atoms with van der Waals surface area (Å²) < 4.78 is 0. The third-order valence-corrected chi connectivity index (χ3v) is 2.75. The van der Waals surface area contributed by atoms with Gasteiger partial charge in [0, 0.05) is 0 Å². The second-order valence-electron chi connectivity index (χ2n) is 4.33. The largest absolute Gasteiger partial charge is 0.237 e. The van der Waals surface area contributed by atoms with Crippen LogP contribution in [0.4, 0.5) is 0 Å². The molecule has 2 heteroatoms. The van der Waals surface area contributed by atoms with Crippen LogP contribution in [-0.4, -0.2) is 13.2 Å². The highest BCUT2D eigenvalue weighted by Crippen LogP contribution is 2.10. The molecule has 0 aliphatic carbocycles. The van der Waals surface area contributed by atoms with E-state index >= 15 is 0 Å². The lowest BCUT2D eigenvalue weighted by atomic mass is 10.1. The Morgan fingerprint density at radius 1 is 0.688 bits per heavy atom. The summed E-state index contributed by atoms with van der Waals surface area (Å²) in [6.45, 7) is 6.91. The SMILES string of the molecule is [CH2]COOCCCCCCCCCCCC. The first-order valence-electron chi connectivity index (χ1n) is 6.95. The van der Waals surface area contributed by atoms with E-state index in [1.165, 1.54) is 57.8 Å². The molecule has 0 rings (SSSR count). The number of unbranched alkanes of at least 4 members (excludes halogenated alkanes) is 9. The molecule has 0 amide bonds. The third kappa shape index (κ3) is 13.9. The van der Waals surface area contributed by atoms with Crippen LogP contribution in [0.2, 0.25) is 0 Å². The molecule has 0 bridgehead atoms. The van der Waals surface area contributed by atoms with Gasteiger partial charge in [-0.15, -0.1) is 0 Å². The fourth-order valence-electron chi connectivity index (χ4n) is 1.77. The zero-order valence-corrected chi connectivity index (χ0v) is 11.0. The van der Waals surface area contributed by atoms with Gasteiger partial charge in [0.15, 0.2) is 0 Å². The van der Waals surface area contributed by atoms with Gasteiger partial charge in [0.1, 0.15) is 0 Å². The topological polar surface area (TPSA) is 18.5 Å². The molecule has 0 spiro atoms. The van der Waals surface area contributed by atoms with Gasteiger partial charge in [-0.05, 0) is 13.3 Å². The van der Waals surface area contributed by atoms with Crippen LogP contribution in [-0.2, 0) is 9.78 Å². The van der Waals surface area contributed by atoms with Crippen LogP contribution in [0.15, 0.2) is 0 Å². The molecule has 0 heterocycles. The second kappa shape index (κ2) is 14.9. The summed E-state index contributed by atoms with van der Waals surface area (Å²) in [5.74, 6) is 0. The van der Waals surface area contributed by atoms with Gasteiger partial charge < -0.3 is 0 Å². The number of hydrogen-bond donors (Lipinski definition) is 0. The Morgan fingerprint density at radius 2 is 1.19 bits per heavy atom. The van der Waals surface area contributed by atoms with E-state index in [-0.39, 0.29) is 0 Å². The Morgan fingerprint density at radius 3 is 1.69 bits per heavy atom. The third-order valence-electron chi connectivity index (χ3n) is 2.75. The minimum atomic E-state index is 0.401. The van der Waals surface area contributed by atoms with Gasteiger partial charge in [-0.25, -0.2) is 9.78 Å². The lowest BCUT2D eigenvalue weighted by Crippen LogP contribution is -1.96. The summed E-state index contributed by atoms with van der Waals surface area (Å²) in [6.07, 6.45) is 13.5. The van der Waals surface area contributed by atoms with E-state index in [1.807, 2.05) is 0 Å². The van der Waals surface area contributed by atoms with E-state index in [2.05, 4.69) is 13.8 Å². The predicted molar refractivity (Wildman–Crippen MR) is 69.1 cm³/mol. The lowest BCUT2D eigenvalue weighted by molar-refractivity contribution is -0.287. The minimum Gasteiger partial charge on any atom is -0.237 e. The molecular formula is C14H29O2. The Hall–Kier alpha value is -0.0800. The smallest absolute Gasteiger partial charge is 0.0823 e. The van der Waals surface area contributed by atoms with Crippen LogP contribution in [0, 0.1) is 6.92 Å². The summed E-state index contributed by atoms with van der Waals surface area (Å²) in [6, 6.07) is 0. The molecule has 0 aromatic rings. The Bertz CT molecular complexity index is 101. The average molecular weight is 229 g/mol. The second-order valence-corrected chi connectivity index (χ2v) is 4.33. The van der Waals surface area contributed by atoms with Crippen molar-refractivity contribution in [2.24, 2.45) is 0 Å². The van der Waals surface area contributed by atoms with Gasteiger partial charge in [-0.2, -0.15) is 0 Å². The number of rotatable bonds is 13. The van der Waals surface area contributed by atoms with Gasteiger partial charge in [0.25, 0.3) is 0 Å². The normalized spacial score (nSPS) is 10.9. The fourth-order valence-corrected chi connectivity index (χ4v) is 1.77. The van der Waals surface area contributed by atoms with Crippen molar-refractivity contribution in [3.8, 4) is 0 Å². The van der Waals surface area contributed by atoms with Crippen molar-refractivity contribution in [1.29, 1.82) is 0 Å². The molecule has 0 aliphatic rings. The Balaban J connectivity index is 2.83. The zero-order chi connectivity index (χ0) is 11.9. The van der Waals surface area contributed by atoms with Crippen LogP contribution < -0.4 is 0 Å². The van der Waals surface area contributed by atoms with E-state index < -0.39 is 0 Å². The standard InChI is InChI=1S/C14H29O2/c1-3-5-6-7-8-9-10-11-12-13-14-16-15-4-2/h2-14H2,1H3. The number of hydrogen-bond acceptors (Lipinski definition) is 2. The first kappa shape index (κ1) is 15.9. The molecule has 16 heavy (non-hydrogen) atoms. The molecule has 0 N–H and O–H groups in total. The molecule has 0 saturated carbocycles. The monoisotopic (exact) mass is 229 g/mol. The molecule has 0 saturated heterocycles. The molecule has 1 radical (unpaired) electrons. The molecule has 0 aliphatic heterocycles. The minimum absolute atomic E-state index is 0.401. The summed E-state index contributed by atoms with van der Waals surface area (Å²) in [7, 11) is 0. The first-order chi connectivity index (χ1) is 7.91. The van der Waals surface area contributed by atoms with Crippen molar-refractivity contribution < 1.29 is 9.78 Å². The van der Waals surface area contributed by atoms with E-state index in [1.54, 1.807) is 0 Å². The fraction of sp³-hybridized carbons (Fsp3) is 0.929. The summed E-state index contributed by atoms with van der Waals surface area (Å²) >= 11 is 0.